The highest BCUT2D eigenvalue weighted by Crippen LogP contribution is 2.25. The van der Waals surface area contributed by atoms with E-state index < -0.39 is 0 Å². The van der Waals surface area contributed by atoms with Gasteiger partial charge < -0.3 is 9.64 Å². The molecule has 0 radical (unpaired) electrons. The van der Waals surface area contributed by atoms with Crippen LogP contribution in [-0.4, -0.2) is 47.3 Å². The molecule has 2 fully saturated rings. The molecular formula is C21H23N3O4S. The van der Waals surface area contributed by atoms with Crippen LogP contribution in [-0.2, 0) is 27.4 Å². The number of hydrogen-bond donors (Lipinski definition) is 0. The van der Waals surface area contributed by atoms with Crippen molar-refractivity contribution in [3.05, 3.63) is 46.5 Å². The fourth-order valence-electron chi connectivity index (χ4n) is 3.56. The Labute approximate surface area is 173 Å². The van der Waals surface area contributed by atoms with Crippen molar-refractivity contribution < 1.29 is 19.1 Å². The summed E-state index contributed by atoms with van der Waals surface area (Å²) in [6.07, 6.45) is 3.60. The van der Waals surface area contributed by atoms with Crippen molar-refractivity contribution in [1.29, 1.82) is 0 Å². The Morgan fingerprint density at radius 2 is 1.83 bits per heavy atom. The predicted molar refractivity (Wildman–Crippen MR) is 109 cm³/mol. The number of thiazole rings is 1. The van der Waals surface area contributed by atoms with E-state index in [4.69, 9.17) is 4.74 Å². The first-order valence-electron chi connectivity index (χ1n) is 9.89. The van der Waals surface area contributed by atoms with Crippen LogP contribution in [0.15, 0.2) is 29.6 Å². The minimum atomic E-state index is -0.369. The van der Waals surface area contributed by atoms with E-state index in [0.717, 1.165) is 37.9 Å². The molecule has 2 amide bonds. The van der Waals surface area contributed by atoms with Crippen molar-refractivity contribution in [2.24, 2.45) is 0 Å². The molecule has 8 heteroatoms. The molecule has 29 heavy (non-hydrogen) atoms. The SMILES string of the molecule is O=C(Cc1csc(N2CCCC2=O)n1)OCc1ccc(C(=O)N2CCCC2)cc1. The maximum atomic E-state index is 12.4. The molecule has 2 aliphatic heterocycles. The zero-order valence-electron chi connectivity index (χ0n) is 16.1. The maximum absolute atomic E-state index is 12.4. The largest absolute Gasteiger partial charge is 0.461 e. The number of anilines is 1. The first-order chi connectivity index (χ1) is 14.1. The number of ether oxygens (including phenoxy) is 1. The lowest BCUT2D eigenvalue weighted by atomic mass is 10.1. The Morgan fingerprint density at radius 1 is 1.07 bits per heavy atom. The molecule has 2 aliphatic rings. The topological polar surface area (TPSA) is 79.8 Å². The molecule has 1 aromatic carbocycles. The summed E-state index contributed by atoms with van der Waals surface area (Å²) in [5.41, 5.74) is 2.10. The van der Waals surface area contributed by atoms with Crippen molar-refractivity contribution in [1.82, 2.24) is 9.88 Å². The molecule has 0 aliphatic carbocycles. The third kappa shape index (κ3) is 4.64. The van der Waals surface area contributed by atoms with Crippen molar-refractivity contribution in [2.45, 2.75) is 38.7 Å². The van der Waals surface area contributed by atoms with Crippen LogP contribution >= 0.6 is 11.3 Å². The average molecular weight is 413 g/mol. The number of aromatic nitrogens is 1. The molecule has 2 aromatic rings. The van der Waals surface area contributed by atoms with Gasteiger partial charge in [-0.1, -0.05) is 12.1 Å². The van der Waals surface area contributed by atoms with E-state index in [-0.39, 0.29) is 30.8 Å². The normalized spacial score (nSPS) is 16.5. The lowest BCUT2D eigenvalue weighted by molar-refractivity contribution is -0.144. The number of likely N-dealkylation sites (tertiary alicyclic amines) is 1. The van der Waals surface area contributed by atoms with Crippen LogP contribution < -0.4 is 4.90 Å². The molecule has 0 spiro atoms. The molecule has 1 aromatic heterocycles. The second kappa shape index (κ2) is 8.73. The van der Waals surface area contributed by atoms with E-state index in [1.165, 1.54) is 11.3 Å². The van der Waals surface area contributed by atoms with Crippen LogP contribution in [0.5, 0.6) is 0 Å². The van der Waals surface area contributed by atoms with Crippen molar-refractivity contribution in [3.63, 3.8) is 0 Å². The molecule has 0 N–H and O–H groups in total. The summed E-state index contributed by atoms with van der Waals surface area (Å²) in [4.78, 5) is 44.2. The van der Waals surface area contributed by atoms with Gasteiger partial charge in [0.1, 0.15) is 6.61 Å². The highest BCUT2D eigenvalue weighted by Gasteiger charge is 2.24. The third-order valence-corrected chi connectivity index (χ3v) is 6.08. The van der Waals surface area contributed by atoms with E-state index in [0.29, 0.717) is 29.4 Å². The van der Waals surface area contributed by atoms with Gasteiger partial charge in [-0.2, -0.15) is 0 Å². The van der Waals surface area contributed by atoms with Crippen LogP contribution in [0.1, 0.15) is 47.3 Å². The zero-order valence-corrected chi connectivity index (χ0v) is 17.0. The number of nitrogens with zero attached hydrogens (tertiary/aromatic N) is 3. The van der Waals surface area contributed by atoms with Crippen molar-refractivity contribution >= 4 is 34.3 Å². The quantitative estimate of drug-likeness (QED) is 0.681. The highest BCUT2D eigenvalue weighted by atomic mass is 32.1. The molecule has 0 atom stereocenters. The molecule has 0 saturated carbocycles. The molecule has 0 unspecified atom stereocenters. The predicted octanol–water partition coefficient (Wildman–Crippen LogP) is 2.79. The number of carbonyl (C=O) groups is 3. The van der Waals surface area contributed by atoms with E-state index in [9.17, 15) is 14.4 Å². The fraction of sp³-hybridized carbons (Fsp3) is 0.429. The molecule has 0 bridgehead atoms. The Morgan fingerprint density at radius 3 is 2.52 bits per heavy atom. The molecule has 7 nitrogen and oxygen atoms in total. The van der Waals surface area contributed by atoms with Crippen molar-refractivity contribution in [2.75, 3.05) is 24.5 Å². The first kappa shape index (κ1) is 19.6. The minimum Gasteiger partial charge on any atom is -0.461 e. The Bertz CT molecular complexity index is 903. The number of hydrogen-bond acceptors (Lipinski definition) is 6. The standard InChI is InChI=1S/C21H23N3O4S/c25-18-4-3-11-24(18)21-22-17(14-29-21)12-19(26)28-13-15-5-7-16(8-6-15)20(27)23-9-1-2-10-23/h5-8,14H,1-4,9-13H2. The van der Waals surface area contributed by atoms with Gasteiger partial charge >= 0.3 is 5.97 Å². The summed E-state index contributed by atoms with van der Waals surface area (Å²) in [5.74, 6) is -0.228. The van der Waals surface area contributed by atoms with Crippen molar-refractivity contribution in [3.8, 4) is 0 Å². The third-order valence-electron chi connectivity index (χ3n) is 5.16. The average Bonchev–Trinajstić information content (AvgIpc) is 3.48. The molecule has 3 heterocycles. The van der Waals surface area contributed by atoms with E-state index >= 15 is 0 Å². The van der Waals surface area contributed by atoms with Gasteiger partial charge in [-0.05, 0) is 37.0 Å². The summed E-state index contributed by atoms with van der Waals surface area (Å²) < 4.78 is 5.34. The monoisotopic (exact) mass is 413 g/mol. The Kier molecular flexibility index (Phi) is 5.89. The second-order valence-corrected chi connectivity index (χ2v) is 8.14. The van der Waals surface area contributed by atoms with Gasteiger partial charge in [0.15, 0.2) is 5.13 Å². The smallest absolute Gasteiger partial charge is 0.312 e. The maximum Gasteiger partial charge on any atom is 0.312 e. The minimum absolute atomic E-state index is 0.0573. The molecular weight excluding hydrogens is 390 g/mol. The fourth-order valence-corrected chi connectivity index (χ4v) is 4.43. The van der Waals surface area contributed by atoms with E-state index in [1.54, 1.807) is 22.4 Å². The Balaban J connectivity index is 1.27. The summed E-state index contributed by atoms with van der Waals surface area (Å²) in [5, 5.41) is 2.44. The number of benzene rings is 1. The number of rotatable bonds is 6. The van der Waals surface area contributed by atoms with Crippen LogP contribution in [0.3, 0.4) is 0 Å². The molecule has 2 saturated heterocycles. The summed E-state index contributed by atoms with van der Waals surface area (Å²) in [6.45, 7) is 2.48. The van der Waals surface area contributed by atoms with Crippen LogP contribution in [0.2, 0.25) is 0 Å². The van der Waals surface area contributed by atoms with Gasteiger partial charge in [-0.3, -0.25) is 19.3 Å². The Hall–Kier alpha value is -2.74. The number of amides is 2. The van der Waals surface area contributed by atoms with Gasteiger partial charge in [-0.15, -0.1) is 11.3 Å². The molecule has 152 valence electrons. The summed E-state index contributed by atoms with van der Waals surface area (Å²) in [6, 6.07) is 7.19. The van der Waals surface area contributed by atoms with Gasteiger partial charge in [0.05, 0.1) is 12.1 Å². The second-order valence-electron chi connectivity index (χ2n) is 7.30. The van der Waals surface area contributed by atoms with Gasteiger partial charge in [-0.25, -0.2) is 4.98 Å². The van der Waals surface area contributed by atoms with Crippen LogP contribution in [0.25, 0.3) is 0 Å². The van der Waals surface area contributed by atoms with Crippen LogP contribution in [0, 0.1) is 0 Å². The molecule has 4 rings (SSSR count). The number of esters is 1. The zero-order chi connectivity index (χ0) is 20.2. The number of carbonyl (C=O) groups excluding carboxylic acids is 3. The summed E-state index contributed by atoms with van der Waals surface area (Å²) in [7, 11) is 0. The summed E-state index contributed by atoms with van der Waals surface area (Å²) >= 11 is 1.37. The van der Waals surface area contributed by atoms with E-state index in [1.807, 2.05) is 17.0 Å². The van der Waals surface area contributed by atoms with Crippen LogP contribution in [0.4, 0.5) is 5.13 Å². The van der Waals surface area contributed by atoms with Gasteiger partial charge in [0, 0.05) is 37.0 Å². The highest BCUT2D eigenvalue weighted by molar-refractivity contribution is 7.14. The van der Waals surface area contributed by atoms with E-state index in [2.05, 4.69) is 4.98 Å². The van der Waals surface area contributed by atoms with Gasteiger partial charge in [0.25, 0.3) is 5.91 Å². The van der Waals surface area contributed by atoms with Gasteiger partial charge in [0.2, 0.25) is 5.91 Å². The lowest BCUT2D eigenvalue weighted by Gasteiger charge is -2.15. The first-order valence-corrected chi connectivity index (χ1v) is 10.8. The lowest BCUT2D eigenvalue weighted by Crippen LogP contribution is -2.27.